The van der Waals surface area contributed by atoms with E-state index < -0.39 is 0 Å². The molecule has 4 heteroatoms. The number of amides is 1. The van der Waals surface area contributed by atoms with Crippen molar-refractivity contribution < 1.29 is 4.79 Å². The van der Waals surface area contributed by atoms with Crippen molar-refractivity contribution in [2.45, 2.75) is 6.42 Å². The molecule has 1 aliphatic heterocycles. The van der Waals surface area contributed by atoms with Crippen molar-refractivity contribution in [3.05, 3.63) is 29.8 Å². The SMILES string of the molecule is N#Cc1ccccc1N1CCC(=O)N1. The molecule has 1 fully saturated rings. The summed E-state index contributed by atoms with van der Waals surface area (Å²) in [5.41, 5.74) is 4.03. The van der Waals surface area contributed by atoms with Crippen LogP contribution in [-0.4, -0.2) is 12.5 Å². The van der Waals surface area contributed by atoms with E-state index in [9.17, 15) is 4.79 Å². The second-order valence-electron chi connectivity index (χ2n) is 3.07. The van der Waals surface area contributed by atoms with Gasteiger partial charge in [0.1, 0.15) is 6.07 Å². The van der Waals surface area contributed by atoms with E-state index in [1.54, 1.807) is 17.1 Å². The van der Waals surface area contributed by atoms with Gasteiger partial charge in [0.25, 0.3) is 0 Å². The summed E-state index contributed by atoms with van der Waals surface area (Å²) in [5, 5.41) is 10.6. The van der Waals surface area contributed by atoms with Gasteiger partial charge in [-0.25, -0.2) is 0 Å². The Morgan fingerprint density at radius 2 is 2.21 bits per heavy atom. The van der Waals surface area contributed by atoms with Gasteiger partial charge in [0.15, 0.2) is 0 Å². The van der Waals surface area contributed by atoms with Gasteiger partial charge in [-0.3, -0.25) is 15.2 Å². The molecule has 14 heavy (non-hydrogen) atoms. The average Bonchev–Trinajstić information content (AvgIpc) is 2.65. The van der Waals surface area contributed by atoms with Crippen molar-refractivity contribution in [3.8, 4) is 6.07 Å². The van der Waals surface area contributed by atoms with Gasteiger partial charge >= 0.3 is 0 Å². The van der Waals surface area contributed by atoms with E-state index >= 15 is 0 Å². The highest BCUT2D eigenvalue weighted by Gasteiger charge is 2.20. The topological polar surface area (TPSA) is 56.1 Å². The normalized spacial score (nSPS) is 15.1. The fourth-order valence-corrected chi connectivity index (χ4v) is 1.46. The predicted octanol–water partition coefficient (Wildman–Crippen LogP) is 0.800. The van der Waals surface area contributed by atoms with E-state index in [1.165, 1.54) is 0 Å². The standard InChI is InChI=1S/C10H9N3O/c11-7-8-3-1-2-4-9(8)13-6-5-10(14)12-13/h1-4H,5-6H2,(H,12,14). The lowest BCUT2D eigenvalue weighted by molar-refractivity contribution is -0.119. The van der Waals surface area contributed by atoms with Crippen molar-refractivity contribution in [1.82, 2.24) is 5.43 Å². The lowest BCUT2D eigenvalue weighted by atomic mass is 10.2. The molecule has 0 aromatic heterocycles. The summed E-state index contributed by atoms with van der Waals surface area (Å²) >= 11 is 0. The van der Waals surface area contributed by atoms with Crippen LogP contribution >= 0.6 is 0 Å². The molecule has 1 aromatic rings. The number of hydrogen-bond donors (Lipinski definition) is 1. The number of nitrogens with zero attached hydrogens (tertiary/aromatic N) is 2. The molecule has 1 aliphatic rings. The highest BCUT2D eigenvalue weighted by Crippen LogP contribution is 2.19. The van der Waals surface area contributed by atoms with Crippen molar-refractivity contribution in [3.63, 3.8) is 0 Å². The van der Waals surface area contributed by atoms with Crippen molar-refractivity contribution in [2.75, 3.05) is 11.6 Å². The van der Waals surface area contributed by atoms with Crippen LogP contribution in [0.25, 0.3) is 0 Å². The number of carbonyl (C=O) groups is 1. The zero-order valence-electron chi connectivity index (χ0n) is 7.53. The van der Waals surface area contributed by atoms with Gasteiger partial charge < -0.3 is 0 Å². The first-order chi connectivity index (χ1) is 6.81. The molecule has 1 amide bonds. The Labute approximate surface area is 81.7 Å². The van der Waals surface area contributed by atoms with Crippen molar-refractivity contribution >= 4 is 11.6 Å². The van der Waals surface area contributed by atoms with Crippen LogP contribution < -0.4 is 10.4 Å². The monoisotopic (exact) mass is 187 g/mol. The largest absolute Gasteiger partial charge is 0.284 e. The second kappa shape index (κ2) is 3.38. The number of rotatable bonds is 1. The zero-order valence-corrected chi connectivity index (χ0v) is 7.53. The van der Waals surface area contributed by atoms with E-state index in [4.69, 9.17) is 5.26 Å². The van der Waals surface area contributed by atoms with Crippen LogP contribution in [0.3, 0.4) is 0 Å². The van der Waals surface area contributed by atoms with E-state index in [-0.39, 0.29) is 5.91 Å². The minimum absolute atomic E-state index is 0.00209. The van der Waals surface area contributed by atoms with Gasteiger partial charge in [0.2, 0.25) is 5.91 Å². The third kappa shape index (κ3) is 1.40. The first-order valence-electron chi connectivity index (χ1n) is 4.37. The molecule has 2 rings (SSSR count). The molecule has 0 aliphatic carbocycles. The molecule has 0 saturated carbocycles. The van der Waals surface area contributed by atoms with Gasteiger partial charge in [-0.1, -0.05) is 12.1 Å². The average molecular weight is 187 g/mol. The number of benzene rings is 1. The number of hydrogen-bond acceptors (Lipinski definition) is 3. The Morgan fingerprint density at radius 1 is 1.43 bits per heavy atom. The number of nitriles is 1. The summed E-state index contributed by atoms with van der Waals surface area (Å²) in [6.07, 6.45) is 0.486. The summed E-state index contributed by atoms with van der Waals surface area (Å²) in [4.78, 5) is 11.0. The third-order valence-electron chi connectivity index (χ3n) is 2.14. The highest BCUT2D eigenvalue weighted by molar-refractivity contribution is 5.82. The number of nitrogens with one attached hydrogen (secondary N) is 1. The first-order valence-corrected chi connectivity index (χ1v) is 4.37. The summed E-state index contributed by atoms with van der Waals surface area (Å²) in [6.45, 7) is 0.623. The van der Waals surface area contributed by atoms with Crippen LogP contribution in [-0.2, 0) is 4.79 Å². The number of carbonyl (C=O) groups excluding carboxylic acids is 1. The molecule has 1 aromatic carbocycles. The number of para-hydroxylation sites is 1. The van der Waals surface area contributed by atoms with Crippen LogP contribution in [0, 0.1) is 11.3 Å². The van der Waals surface area contributed by atoms with Crippen LogP contribution in [0.1, 0.15) is 12.0 Å². The van der Waals surface area contributed by atoms with Gasteiger partial charge in [-0.05, 0) is 12.1 Å². The number of anilines is 1. The van der Waals surface area contributed by atoms with Gasteiger partial charge in [0, 0.05) is 13.0 Å². The lowest BCUT2D eigenvalue weighted by Crippen LogP contribution is -2.33. The maximum absolute atomic E-state index is 11.0. The quantitative estimate of drug-likeness (QED) is 0.707. The van der Waals surface area contributed by atoms with E-state index in [0.717, 1.165) is 5.69 Å². The fourth-order valence-electron chi connectivity index (χ4n) is 1.46. The molecule has 0 radical (unpaired) electrons. The van der Waals surface area contributed by atoms with E-state index in [2.05, 4.69) is 11.5 Å². The summed E-state index contributed by atoms with van der Waals surface area (Å²) in [6, 6.07) is 9.31. The van der Waals surface area contributed by atoms with Crippen molar-refractivity contribution in [1.29, 1.82) is 5.26 Å². The van der Waals surface area contributed by atoms with Crippen LogP contribution in [0.2, 0.25) is 0 Å². The third-order valence-corrected chi connectivity index (χ3v) is 2.14. The Hall–Kier alpha value is -2.02. The van der Waals surface area contributed by atoms with Crippen molar-refractivity contribution in [2.24, 2.45) is 0 Å². The molecule has 1 saturated heterocycles. The Balaban J connectivity index is 2.33. The minimum atomic E-state index is -0.00209. The van der Waals surface area contributed by atoms with E-state index in [0.29, 0.717) is 18.5 Å². The van der Waals surface area contributed by atoms with Crippen LogP contribution in [0.15, 0.2) is 24.3 Å². The molecule has 0 spiro atoms. The molecule has 1 N–H and O–H groups in total. The Kier molecular flexibility index (Phi) is 2.07. The Morgan fingerprint density at radius 3 is 2.86 bits per heavy atom. The van der Waals surface area contributed by atoms with Gasteiger partial charge in [-0.2, -0.15) is 5.26 Å². The Bertz CT molecular complexity index is 408. The smallest absolute Gasteiger partial charge is 0.240 e. The highest BCUT2D eigenvalue weighted by atomic mass is 16.2. The molecule has 1 heterocycles. The molecule has 70 valence electrons. The van der Waals surface area contributed by atoms with Gasteiger partial charge in [-0.15, -0.1) is 0 Å². The molecule has 4 nitrogen and oxygen atoms in total. The predicted molar refractivity (Wildman–Crippen MR) is 51.3 cm³/mol. The summed E-state index contributed by atoms with van der Waals surface area (Å²) < 4.78 is 0. The summed E-state index contributed by atoms with van der Waals surface area (Å²) in [7, 11) is 0. The van der Waals surface area contributed by atoms with E-state index in [1.807, 2.05) is 12.1 Å². The molecule has 0 atom stereocenters. The second-order valence-corrected chi connectivity index (χ2v) is 3.07. The number of hydrazine groups is 1. The maximum Gasteiger partial charge on any atom is 0.240 e. The molecular weight excluding hydrogens is 178 g/mol. The molecule has 0 bridgehead atoms. The molecule has 0 unspecified atom stereocenters. The molecular formula is C10H9N3O. The lowest BCUT2D eigenvalue weighted by Gasteiger charge is -2.17. The van der Waals surface area contributed by atoms with Crippen LogP contribution in [0.4, 0.5) is 5.69 Å². The maximum atomic E-state index is 11.0. The first kappa shape index (κ1) is 8.57. The fraction of sp³-hybridized carbons (Fsp3) is 0.200. The summed E-state index contributed by atoms with van der Waals surface area (Å²) in [5.74, 6) is -0.00209. The van der Waals surface area contributed by atoms with Crippen LogP contribution in [0.5, 0.6) is 0 Å². The minimum Gasteiger partial charge on any atom is -0.284 e. The van der Waals surface area contributed by atoms with Gasteiger partial charge in [0.05, 0.1) is 11.3 Å². The zero-order chi connectivity index (χ0) is 9.97.